The molecule has 0 aromatic heterocycles. The molecule has 0 bridgehead atoms. The maximum absolute atomic E-state index is 12.6. The Morgan fingerprint density at radius 2 is 1.78 bits per heavy atom. The van der Waals surface area contributed by atoms with Gasteiger partial charge in [-0.05, 0) is 43.4 Å². The van der Waals surface area contributed by atoms with Gasteiger partial charge in [0.05, 0.1) is 11.0 Å². The van der Waals surface area contributed by atoms with Gasteiger partial charge >= 0.3 is 5.97 Å². The Kier molecular flexibility index (Phi) is 6.16. The van der Waals surface area contributed by atoms with Crippen LogP contribution in [-0.4, -0.2) is 42.9 Å². The van der Waals surface area contributed by atoms with E-state index in [2.05, 4.69) is 5.32 Å². The first-order valence-corrected chi connectivity index (χ1v) is 11.1. The Bertz CT molecular complexity index is 800. The lowest BCUT2D eigenvalue weighted by Crippen LogP contribution is -2.30. The lowest BCUT2D eigenvalue weighted by molar-refractivity contribution is -0.150. The van der Waals surface area contributed by atoms with E-state index in [1.54, 1.807) is 24.3 Å². The van der Waals surface area contributed by atoms with Gasteiger partial charge in [-0.15, -0.1) is 0 Å². The molecule has 1 saturated carbocycles. The molecule has 3 rings (SSSR count). The molecular weight excluding hydrogens is 370 g/mol. The summed E-state index contributed by atoms with van der Waals surface area (Å²) in [4.78, 5) is 23.2. The largest absolute Gasteiger partial charge is 0.479 e. The van der Waals surface area contributed by atoms with Gasteiger partial charge in [0.1, 0.15) is 6.10 Å². The third-order valence-electron chi connectivity index (χ3n) is 5.21. The molecule has 2 N–H and O–H groups in total. The zero-order valence-corrected chi connectivity index (χ0v) is 15.9. The minimum absolute atomic E-state index is 0.0393. The number of nitrogens with one attached hydrogen (secondary N) is 1. The van der Waals surface area contributed by atoms with E-state index in [0.29, 0.717) is 24.1 Å². The third-order valence-corrected chi connectivity index (χ3v) is 7.43. The fourth-order valence-corrected chi connectivity index (χ4v) is 5.68. The summed E-state index contributed by atoms with van der Waals surface area (Å²) in [5.41, 5.74) is 1.12. The number of sulfone groups is 1. The van der Waals surface area contributed by atoms with Crippen molar-refractivity contribution < 1.29 is 27.9 Å². The summed E-state index contributed by atoms with van der Waals surface area (Å²) >= 11 is 0. The Hall–Kier alpha value is -1.93. The highest BCUT2D eigenvalue weighted by Crippen LogP contribution is 2.27. The number of anilines is 1. The number of carboxylic acid groups (broad SMARTS) is 1. The normalized spacial score (nSPS) is 23.9. The molecule has 27 heavy (non-hydrogen) atoms. The zero-order valence-electron chi connectivity index (χ0n) is 15.1. The molecule has 1 aromatic carbocycles. The fraction of sp³-hybridized carbons (Fsp3) is 0.579. The van der Waals surface area contributed by atoms with Crippen molar-refractivity contribution in [2.45, 2.75) is 68.2 Å². The molecule has 0 spiro atoms. The lowest BCUT2D eigenvalue weighted by Gasteiger charge is -2.21. The van der Waals surface area contributed by atoms with E-state index < -0.39 is 33.9 Å². The second kappa shape index (κ2) is 8.39. The molecular formula is C19H25NO6S. The first-order chi connectivity index (χ1) is 12.8. The number of rotatable bonds is 6. The summed E-state index contributed by atoms with van der Waals surface area (Å²) in [5.74, 6) is -1.52. The van der Waals surface area contributed by atoms with Gasteiger partial charge in [0.25, 0.3) is 5.91 Å². The Balaban J connectivity index is 1.62. The molecule has 0 unspecified atom stereocenters. The second-order valence-electron chi connectivity index (χ2n) is 7.29. The van der Waals surface area contributed by atoms with Crippen LogP contribution < -0.4 is 5.32 Å². The van der Waals surface area contributed by atoms with Crippen LogP contribution in [0.25, 0.3) is 0 Å². The van der Waals surface area contributed by atoms with Crippen molar-refractivity contribution in [2.75, 3.05) is 5.32 Å². The van der Waals surface area contributed by atoms with Crippen molar-refractivity contribution in [2.24, 2.45) is 0 Å². The molecule has 0 radical (unpaired) electrons. The summed E-state index contributed by atoms with van der Waals surface area (Å²) in [6.07, 6.45) is 3.35. The molecule has 2 atom stereocenters. The van der Waals surface area contributed by atoms with Gasteiger partial charge in [-0.2, -0.15) is 0 Å². The van der Waals surface area contributed by atoms with E-state index in [1.165, 1.54) is 0 Å². The maximum Gasteiger partial charge on any atom is 0.332 e. The van der Waals surface area contributed by atoms with Crippen LogP contribution >= 0.6 is 0 Å². The van der Waals surface area contributed by atoms with Crippen LogP contribution in [0.2, 0.25) is 0 Å². The lowest BCUT2D eigenvalue weighted by atomic mass is 10.0. The fourth-order valence-electron chi connectivity index (χ4n) is 3.75. The van der Waals surface area contributed by atoms with Crippen LogP contribution in [0.3, 0.4) is 0 Å². The van der Waals surface area contributed by atoms with Crippen LogP contribution in [0.4, 0.5) is 5.69 Å². The predicted molar refractivity (Wildman–Crippen MR) is 100 cm³/mol. The summed E-state index contributed by atoms with van der Waals surface area (Å²) in [6, 6.07) is 6.78. The van der Waals surface area contributed by atoms with E-state index in [-0.39, 0.29) is 11.0 Å². The van der Waals surface area contributed by atoms with E-state index in [0.717, 1.165) is 32.1 Å². The SMILES string of the molecule is O=C(Nc1cccc(CS(=O)(=O)C2CCCCC2)c1)[C@@H]1CC[C@H](C(=O)O)O1. The molecule has 1 aliphatic carbocycles. The number of ether oxygens (including phenoxy) is 1. The molecule has 1 heterocycles. The van der Waals surface area contributed by atoms with Crippen molar-refractivity contribution in [1.29, 1.82) is 0 Å². The summed E-state index contributed by atoms with van der Waals surface area (Å²) in [6.45, 7) is 0. The number of hydrogen-bond donors (Lipinski definition) is 2. The van der Waals surface area contributed by atoms with E-state index in [9.17, 15) is 18.0 Å². The predicted octanol–water partition coefficient (Wildman–Crippen LogP) is 2.50. The Morgan fingerprint density at radius 3 is 2.44 bits per heavy atom. The summed E-state index contributed by atoms with van der Waals surface area (Å²) in [5, 5.41) is 11.4. The number of carbonyl (C=O) groups excluding carboxylic acids is 1. The molecule has 2 aliphatic rings. The monoisotopic (exact) mass is 395 g/mol. The maximum atomic E-state index is 12.6. The number of carboxylic acids is 1. The summed E-state index contributed by atoms with van der Waals surface area (Å²) in [7, 11) is -3.22. The Morgan fingerprint density at radius 1 is 1.07 bits per heavy atom. The highest BCUT2D eigenvalue weighted by atomic mass is 32.2. The topological polar surface area (TPSA) is 110 Å². The van der Waals surface area contributed by atoms with E-state index in [4.69, 9.17) is 9.84 Å². The van der Waals surface area contributed by atoms with E-state index in [1.807, 2.05) is 0 Å². The van der Waals surface area contributed by atoms with Gasteiger partial charge in [0.15, 0.2) is 15.9 Å². The molecule has 7 nitrogen and oxygen atoms in total. The molecule has 1 amide bonds. The van der Waals surface area contributed by atoms with Crippen LogP contribution in [-0.2, 0) is 29.9 Å². The Labute approximate surface area is 159 Å². The van der Waals surface area contributed by atoms with Crippen molar-refractivity contribution >= 4 is 27.4 Å². The van der Waals surface area contributed by atoms with Crippen LogP contribution in [0, 0.1) is 0 Å². The number of hydrogen-bond acceptors (Lipinski definition) is 5. The van der Waals surface area contributed by atoms with Gasteiger partial charge in [0.2, 0.25) is 0 Å². The van der Waals surface area contributed by atoms with Gasteiger partial charge in [0, 0.05) is 5.69 Å². The molecule has 2 fully saturated rings. The average Bonchev–Trinajstić information content (AvgIpc) is 3.13. The van der Waals surface area contributed by atoms with Gasteiger partial charge in [-0.25, -0.2) is 13.2 Å². The minimum Gasteiger partial charge on any atom is -0.479 e. The van der Waals surface area contributed by atoms with Crippen molar-refractivity contribution in [3.63, 3.8) is 0 Å². The first-order valence-electron chi connectivity index (χ1n) is 9.35. The molecule has 1 aliphatic heterocycles. The van der Waals surface area contributed by atoms with Crippen molar-refractivity contribution in [3.8, 4) is 0 Å². The number of aliphatic carboxylic acids is 1. The molecule has 8 heteroatoms. The van der Waals surface area contributed by atoms with Crippen LogP contribution in [0.1, 0.15) is 50.5 Å². The average molecular weight is 395 g/mol. The van der Waals surface area contributed by atoms with E-state index >= 15 is 0 Å². The molecule has 148 valence electrons. The number of amides is 1. The van der Waals surface area contributed by atoms with Gasteiger partial charge in [-0.3, -0.25) is 4.79 Å². The minimum atomic E-state index is -3.22. The highest BCUT2D eigenvalue weighted by Gasteiger charge is 2.34. The second-order valence-corrected chi connectivity index (χ2v) is 9.57. The van der Waals surface area contributed by atoms with Crippen molar-refractivity contribution in [1.82, 2.24) is 0 Å². The third kappa shape index (κ3) is 5.07. The number of benzene rings is 1. The molecule has 1 aromatic rings. The number of carbonyl (C=O) groups is 2. The first kappa shape index (κ1) is 19.8. The van der Waals surface area contributed by atoms with Gasteiger partial charge in [-0.1, -0.05) is 31.4 Å². The quantitative estimate of drug-likeness (QED) is 0.766. The van der Waals surface area contributed by atoms with Crippen LogP contribution in [0.15, 0.2) is 24.3 Å². The molecule has 1 saturated heterocycles. The summed E-state index contributed by atoms with van der Waals surface area (Å²) < 4.78 is 30.5. The van der Waals surface area contributed by atoms with Crippen LogP contribution in [0.5, 0.6) is 0 Å². The standard InChI is InChI=1S/C19H25NO6S/c21-18(16-9-10-17(26-16)19(22)23)20-14-6-4-5-13(11-14)12-27(24,25)15-7-2-1-3-8-15/h4-6,11,15-17H,1-3,7-10,12H2,(H,20,21)(H,22,23)/t16-,17+/m0/s1. The highest BCUT2D eigenvalue weighted by molar-refractivity contribution is 7.91. The zero-order chi connectivity index (χ0) is 19.4. The smallest absolute Gasteiger partial charge is 0.332 e. The van der Waals surface area contributed by atoms with Crippen molar-refractivity contribution in [3.05, 3.63) is 29.8 Å². The van der Waals surface area contributed by atoms with Gasteiger partial charge < -0.3 is 15.2 Å².